The number of nitrogens with zero attached hydrogens (tertiary/aromatic N) is 2. The molecule has 1 saturated carbocycles. The zero-order valence-electron chi connectivity index (χ0n) is 9.89. The number of aliphatic hydroxyl groups is 1. The van der Waals surface area contributed by atoms with Crippen molar-refractivity contribution in [1.29, 1.82) is 0 Å². The van der Waals surface area contributed by atoms with Gasteiger partial charge in [-0.3, -0.25) is 9.78 Å². The minimum absolute atomic E-state index is 0.00219. The fourth-order valence-corrected chi connectivity index (χ4v) is 1.88. The van der Waals surface area contributed by atoms with Crippen molar-refractivity contribution in [3.63, 3.8) is 0 Å². The number of nitrogens with one attached hydrogen (secondary N) is 1. The van der Waals surface area contributed by atoms with Crippen molar-refractivity contribution in [2.24, 2.45) is 0 Å². The molecule has 0 aliphatic heterocycles. The van der Waals surface area contributed by atoms with E-state index in [4.69, 9.17) is 5.11 Å². The van der Waals surface area contributed by atoms with E-state index in [-0.39, 0.29) is 12.5 Å². The maximum Gasteiger partial charge on any atom is 0.256 e. The van der Waals surface area contributed by atoms with E-state index in [9.17, 15) is 4.79 Å². The molecule has 2 N–H and O–H groups in total. The second-order valence-corrected chi connectivity index (χ2v) is 4.12. The molecule has 0 atom stereocenters. The standard InChI is InChI=1S/C12H17N3O2/c1-13-11-8-14-5-4-10(11)12(17)15(6-7-16)9-2-3-9/h4-5,8-9,13,16H,2-3,6-7H2,1H3. The maximum atomic E-state index is 12.3. The van der Waals surface area contributed by atoms with Crippen LogP contribution in [0.4, 0.5) is 5.69 Å². The molecule has 92 valence electrons. The summed E-state index contributed by atoms with van der Waals surface area (Å²) in [6.45, 7) is 0.400. The lowest BCUT2D eigenvalue weighted by atomic mass is 10.2. The zero-order chi connectivity index (χ0) is 12.3. The number of carbonyl (C=O) groups is 1. The molecular formula is C12H17N3O2. The number of rotatable bonds is 5. The van der Waals surface area contributed by atoms with Crippen LogP contribution in [-0.2, 0) is 0 Å². The first-order chi connectivity index (χ1) is 8.27. The molecule has 1 heterocycles. The number of amides is 1. The second-order valence-electron chi connectivity index (χ2n) is 4.12. The minimum Gasteiger partial charge on any atom is -0.395 e. The summed E-state index contributed by atoms with van der Waals surface area (Å²) in [5.41, 5.74) is 1.34. The highest BCUT2D eigenvalue weighted by Crippen LogP contribution is 2.29. The van der Waals surface area contributed by atoms with Crippen LogP contribution in [0, 0.1) is 0 Å². The Kier molecular flexibility index (Phi) is 3.58. The van der Waals surface area contributed by atoms with E-state index in [1.807, 2.05) is 0 Å². The van der Waals surface area contributed by atoms with Gasteiger partial charge in [-0.15, -0.1) is 0 Å². The minimum atomic E-state index is -0.0340. The average Bonchev–Trinajstić information content (AvgIpc) is 3.19. The third-order valence-corrected chi connectivity index (χ3v) is 2.91. The predicted molar refractivity (Wildman–Crippen MR) is 64.9 cm³/mol. The highest BCUT2D eigenvalue weighted by molar-refractivity contribution is 5.99. The molecule has 1 amide bonds. The van der Waals surface area contributed by atoms with Gasteiger partial charge in [0.1, 0.15) is 0 Å². The number of aliphatic hydroxyl groups excluding tert-OH is 1. The van der Waals surface area contributed by atoms with Gasteiger partial charge >= 0.3 is 0 Å². The van der Waals surface area contributed by atoms with Crippen LogP contribution in [0.25, 0.3) is 0 Å². The number of carbonyl (C=O) groups excluding carboxylic acids is 1. The topological polar surface area (TPSA) is 65.5 Å². The normalized spacial score (nSPS) is 14.5. The summed E-state index contributed by atoms with van der Waals surface area (Å²) in [6, 6.07) is 2.01. The number of hydrogen-bond acceptors (Lipinski definition) is 4. The first-order valence-corrected chi connectivity index (χ1v) is 5.81. The summed E-state index contributed by atoms with van der Waals surface area (Å²) in [5.74, 6) is -0.0340. The molecule has 0 unspecified atom stereocenters. The van der Waals surface area contributed by atoms with Gasteiger partial charge < -0.3 is 15.3 Å². The summed E-state index contributed by atoms with van der Waals surface area (Å²) in [5, 5.41) is 12.0. The van der Waals surface area contributed by atoms with Gasteiger partial charge in [0.2, 0.25) is 0 Å². The summed E-state index contributed by atoms with van der Waals surface area (Å²) in [4.78, 5) is 18.1. The first kappa shape index (κ1) is 11.9. The van der Waals surface area contributed by atoms with Crippen molar-refractivity contribution in [3.8, 4) is 0 Å². The van der Waals surface area contributed by atoms with Crippen LogP contribution in [0.15, 0.2) is 18.5 Å². The van der Waals surface area contributed by atoms with E-state index in [1.54, 1.807) is 30.4 Å². The molecule has 1 fully saturated rings. The molecule has 5 nitrogen and oxygen atoms in total. The Morgan fingerprint density at radius 2 is 2.41 bits per heavy atom. The molecule has 2 rings (SSSR count). The summed E-state index contributed by atoms with van der Waals surface area (Å²) in [7, 11) is 1.77. The molecule has 1 aromatic heterocycles. The van der Waals surface area contributed by atoms with Crippen molar-refractivity contribution in [3.05, 3.63) is 24.0 Å². The Morgan fingerprint density at radius 1 is 1.65 bits per heavy atom. The van der Waals surface area contributed by atoms with Crippen molar-refractivity contribution in [2.75, 3.05) is 25.5 Å². The summed E-state index contributed by atoms with van der Waals surface area (Å²) >= 11 is 0. The van der Waals surface area contributed by atoms with Crippen LogP contribution in [0.2, 0.25) is 0 Å². The molecule has 1 aliphatic carbocycles. The van der Waals surface area contributed by atoms with E-state index in [1.165, 1.54) is 0 Å². The van der Waals surface area contributed by atoms with Gasteiger partial charge in [0, 0.05) is 25.8 Å². The lowest BCUT2D eigenvalue weighted by molar-refractivity contribution is 0.0708. The molecular weight excluding hydrogens is 218 g/mol. The van der Waals surface area contributed by atoms with E-state index in [0.717, 1.165) is 18.5 Å². The quantitative estimate of drug-likeness (QED) is 0.789. The number of pyridine rings is 1. The highest BCUT2D eigenvalue weighted by Gasteiger charge is 2.33. The van der Waals surface area contributed by atoms with E-state index in [2.05, 4.69) is 10.3 Å². The molecule has 0 spiro atoms. The van der Waals surface area contributed by atoms with Gasteiger partial charge in [-0.2, -0.15) is 0 Å². The highest BCUT2D eigenvalue weighted by atomic mass is 16.3. The van der Waals surface area contributed by atoms with Crippen molar-refractivity contribution < 1.29 is 9.90 Å². The predicted octanol–water partition coefficient (Wildman–Crippen LogP) is 0.720. The van der Waals surface area contributed by atoms with Crippen LogP contribution in [0.1, 0.15) is 23.2 Å². The van der Waals surface area contributed by atoms with Crippen molar-refractivity contribution in [2.45, 2.75) is 18.9 Å². The lowest BCUT2D eigenvalue weighted by Gasteiger charge is -2.22. The molecule has 17 heavy (non-hydrogen) atoms. The Balaban J connectivity index is 2.21. The third kappa shape index (κ3) is 2.55. The fraction of sp³-hybridized carbons (Fsp3) is 0.500. The van der Waals surface area contributed by atoms with Gasteiger partial charge in [-0.1, -0.05) is 0 Å². The third-order valence-electron chi connectivity index (χ3n) is 2.91. The number of aromatic nitrogens is 1. The maximum absolute atomic E-state index is 12.3. The molecule has 0 bridgehead atoms. The van der Waals surface area contributed by atoms with Crippen molar-refractivity contribution in [1.82, 2.24) is 9.88 Å². The summed E-state index contributed by atoms with van der Waals surface area (Å²) < 4.78 is 0. The van der Waals surface area contributed by atoms with E-state index in [0.29, 0.717) is 18.2 Å². The zero-order valence-corrected chi connectivity index (χ0v) is 9.89. The lowest BCUT2D eigenvalue weighted by Crippen LogP contribution is -2.35. The van der Waals surface area contributed by atoms with Crippen LogP contribution >= 0.6 is 0 Å². The Morgan fingerprint density at radius 3 is 3.00 bits per heavy atom. The fourth-order valence-electron chi connectivity index (χ4n) is 1.88. The first-order valence-electron chi connectivity index (χ1n) is 5.81. The SMILES string of the molecule is CNc1cnccc1C(=O)N(CCO)C1CC1. The van der Waals surface area contributed by atoms with Crippen molar-refractivity contribution >= 4 is 11.6 Å². The van der Waals surface area contributed by atoms with E-state index >= 15 is 0 Å². The Labute approximate surface area is 100 Å². The average molecular weight is 235 g/mol. The van der Waals surface area contributed by atoms with Crippen LogP contribution in [0.5, 0.6) is 0 Å². The summed E-state index contributed by atoms with van der Waals surface area (Å²) in [6.07, 6.45) is 5.31. The molecule has 0 radical (unpaired) electrons. The number of hydrogen-bond donors (Lipinski definition) is 2. The van der Waals surface area contributed by atoms with Crippen LogP contribution < -0.4 is 5.32 Å². The number of anilines is 1. The molecule has 0 aromatic carbocycles. The monoisotopic (exact) mass is 235 g/mol. The van der Waals surface area contributed by atoms with Gasteiger partial charge in [0.25, 0.3) is 5.91 Å². The van der Waals surface area contributed by atoms with Gasteiger partial charge in [0.15, 0.2) is 0 Å². The molecule has 1 aliphatic rings. The second kappa shape index (κ2) is 5.14. The Hall–Kier alpha value is -1.62. The smallest absolute Gasteiger partial charge is 0.256 e. The van der Waals surface area contributed by atoms with Gasteiger partial charge in [-0.05, 0) is 18.9 Å². The van der Waals surface area contributed by atoms with Gasteiger partial charge in [-0.25, -0.2) is 0 Å². The van der Waals surface area contributed by atoms with Crippen LogP contribution in [-0.4, -0.2) is 47.1 Å². The Bertz CT molecular complexity index is 404. The largest absolute Gasteiger partial charge is 0.395 e. The van der Waals surface area contributed by atoms with Gasteiger partial charge in [0.05, 0.1) is 24.1 Å². The van der Waals surface area contributed by atoms with Crippen LogP contribution in [0.3, 0.4) is 0 Å². The molecule has 5 heteroatoms. The molecule has 0 saturated heterocycles. The van der Waals surface area contributed by atoms with E-state index < -0.39 is 0 Å². The molecule has 1 aromatic rings.